The van der Waals surface area contributed by atoms with Gasteiger partial charge in [-0.15, -0.1) is 0 Å². The number of aromatic nitrogens is 3. The molecule has 0 saturated carbocycles. The van der Waals surface area contributed by atoms with Gasteiger partial charge in [-0.2, -0.15) is 5.10 Å². The van der Waals surface area contributed by atoms with E-state index >= 15 is 0 Å². The standard InChI is InChI=1S/C19H18N4O3/c1-3-26-19(25)14-7-6-8-15(11-14)22-18(24)16-12-21-23(13(16)2)17-9-4-5-10-20-17/h4-12H,3H2,1-2H3,(H,22,24). The number of carbonyl (C=O) groups excluding carboxylic acids is 2. The summed E-state index contributed by atoms with van der Waals surface area (Å²) in [5.41, 5.74) is 1.98. The number of amides is 1. The number of pyridine rings is 1. The molecule has 2 aromatic heterocycles. The molecule has 7 nitrogen and oxygen atoms in total. The molecule has 0 aliphatic rings. The topological polar surface area (TPSA) is 86.1 Å². The monoisotopic (exact) mass is 350 g/mol. The summed E-state index contributed by atoms with van der Waals surface area (Å²) in [6.45, 7) is 3.83. The van der Waals surface area contributed by atoms with Crippen molar-refractivity contribution >= 4 is 17.6 Å². The van der Waals surface area contributed by atoms with Crippen LogP contribution in [0.2, 0.25) is 0 Å². The summed E-state index contributed by atoms with van der Waals surface area (Å²) in [6.07, 6.45) is 3.16. The Morgan fingerprint density at radius 2 is 2.04 bits per heavy atom. The van der Waals surface area contributed by atoms with Crippen molar-refractivity contribution in [3.63, 3.8) is 0 Å². The van der Waals surface area contributed by atoms with Crippen molar-refractivity contribution in [1.29, 1.82) is 0 Å². The lowest BCUT2D eigenvalue weighted by atomic mass is 10.2. The normalized spacial score (nSPS) is 10.4. The van der Waals surface area contributed by atoms with Crippen LogP contribution in [-0.4, -0.2) is 33.2 Å². The van der Waals surface area contributed by atoms with Gasteiger partial charge in [-0.3, -0.25) is 4.79 Å². The third kappa shape index (κ3) is 3.61. The number of rotatable bonds is 5. The van der Waals surface area contributed by atoms with Gasteiger partial charge in [0.25, 0.3) is 5.91 Å². The molecular formula is C19H18N4O3. The fourth-order valence-electron chi connectivity index (χ4n) is 2.48. The van der Waals surface area contributed by atoms with E-state index in [-0.39, 0.29) is 5.91 Å². The molecule has 3 rings (SSSR count). The molecule has 0 saturated heterocycles. The van der Waals surface area contributed by atoms with Gasteiger partial charge in [0.05, 0.1) is 29.6 Å². The first-order valence-electron chi connectivity index (χ1n) is 8.14. The highest BCUT2D eigenvalue weighted by Crippen LogP contribution is 2.16. The maximum absolute atomic E-state index is 12.6. The van der Waals surface area contributed by atoms with Gasteiger partial charge in [0.1, 0.15) is 0 Å². The van der Waals surface area contributed by atoms with Crippen LogP contribution in [0.3, 0.4) is 0 Å². The summed E-state index contributed by atoms with van der Waals surface area (Å²) in [6, 6.07) is 12.1. The summed E-state index contributed by atoms with van der Waals surface area (Å²) < 4.78 is 6.57. The first kappa shape index (κ1) is 17.3. The van der Waals surface area contributed by atoms with Crippen molar-refractivity contribution in [2.75, 3.05) is 11.9 Å². The fraction of sp³-hybridized carbons (Fsp3) is 0.158. The second kappa shape index (κ2) is 7.60. The molecule has 3 aromatic rings. The fourth-order valence-corrected chi connectivity index (χ4v) is 2.48. The summed E-state index contributed by atoms with van der Waals surface area (Å²) >= 11 is 0. The van der Waals surface area contributed by atoms with Gasteiger partial charge in [0.2, 0.25) is 0 Å². The van der Waals surface area contributed by atoms with Crippen LogP contribution in [0.15, 0.2) is 54.9 Å². The van der Waals surface area contributed by atoms with E-state index in [4.69, 9.17) is 4.74 Å². The smallest absolute Gasteiger partial charge is 0.338 e. The van der Waals surface area contributed by atoms with E-state index in [1.54, 1.807) is 49.0 Å². The zero-order valence-electron chi connectivity index (χ0n) is 14.5. The van der Waals surface area contributed by atoms with Gasteiger partial charge < -0.3 is 10.1 Å². The van der Waals surface area contributed by atoms with E-state index in [1.807, 2.05) is 18.2 Å². The quantitative estimate of drug-likeness (QED) is 0.715. The van der Waals surface area contributed by atoms with Crippen LogP contribution < -0.4 is 5.32 Å². The van der Waals surface area contributed by atoms with Crippen LogP contribution in [0.5, 0.6) is 0 Å². The maximum atomic E-state index is 12.6. The van der Waals surface area contributed by atoms with E-state index < -0.39 is 5.97 Å². The van der Waals surface area contributed by atoms with Crippen molar-refractivity contribution < 1.29 is 14.3 Å². The SMILES string of the molecule is CCOC(=O)c1cccc(NC(=O)c2cnn(-c3ccccn3)c2C)c1. The lowest BCUT2D eigenvalue weighted by molar-refractivity contribution is 0.0526. The molecule has 1 N–H and O–H groups in total. The zero-order chi connectivity index (χ0) is 18.5. The molecule has 0 aliphatic carbocycles. The van der Waals surface area contributed by atoms with Crippen LogP contribution in [0.1, 0.15) is 33.3 Å². The van der Waals surface area contributed by atoms with E-state index in [1.165, 1.54) is 6.20 Å². The molecule has 2 heterocycles. The maximum Gasteiger partial charge on any atom is 0.338 e. The predicted molar refractivity (Wildman–Crippen MR) is 96.4 cm³/mol. The highest BCUT2D eigenvalue weighted by Gasteiger charge is 2.16. The van der Waals surface area contributed by atoms with E-state index in [9.17, 15) is 9.59 Å². The highest BCUT2D eigenvalue weighted by atomic mass is 16.5. The van der Waals surface area contributed by atoms with Crippen LogP contribution in [0, 0.1) is 6.92 Å². The average Bonchev–Trinajstić information content (AvgIpc) is 3.04. The lowest BCUT2D eigenvalue weighted by Crippen LogP contribution is -2.14. The van der Waals surface area contributed by atoms with Crippen molar-refractivity contribution in [3.8, 4) is 5.82 Å². The molecule has 0 aliphatic heterocycles. The molecule has 0 spiro atoms. The number of ether oxygens (including phenoxy) is 1. The van der Waals surface area contributed by atoms with Gasteiger partial charge in [-0.25, -0.2) is 14.5 Å². The summed E-state index contributed by atoms with van der Waals surface area (Å²) in [5, 5.41) is 7.02. The Labute approximate surface area is 150 Å². The van der Waals surface area contributed by atoms with E-state index in [0.29, 0.717) is 34.9 Å². The van der Waals surface area contributed by atoms with Crippen molar-refractivity contribution in [1.82, 2.24) is 14.8 Å². The lowest BCUT2D eigenvalue weighted by Gasteiger charge is -2.08. The second-order valence-electron chi connectivity index (χ2n) is 5.50. The summed E-state index contributed by atoms with van der Waals surface area (Å²) in [5.74, 6) is -0.109. The number of hydrogen-bond acceptors (Lipinski definition) is 5. The number of nitrogens with zero attached hydrogens (tertiary/aromatic N) is 3. The van der Waals surface area contributed by atoms with Gasteiger partial charge in [0, 0.05) is 11.9 Å². The summed E-state index contributed by atoms with van der Waals surface area (Å²) in [4.78, 5) is 28.6. The molecular weight excluding hydrogens is 332 g/mol. The third-order valence-electron chi connectivity index (χ3n) is 3.75. The zero-order valence-corrected chi connectivity index (χ0v) is 14.5. The van der Waals surface area contributed by atoms with Crippen LogP contribution in [-0.2, 0) is 4.74 Å². The van der Waals surface area contributed by atoms with Gasteiger partial charge >= 0.3 is 5.97 Å². The highest BCUT2D eigenvalue weighted by molar-refractivity contribution is 6.05. The largest absolute Gasteiger partial charge is 0.462 e. The first-order valence-corrected chi connectivity index (χ1v) is 8.14. The first-order chi connectivity index (χ1) is 12.6. The Hall–Kier alpha value is -3.48. The predicted octanol–water partition coefficient (Wildman–Crippen LogP) is 3.00. The van der Waals surface area contributed by atoms with Gasteiger partial charge in [0.15, 0.2) is 5.82 Å². The van der Waals surface area contributed by atoms with Crippen molar-refractivity contribution in [3.05, 3.63) is 71.7 Å². The molecule has 132 valence electrons. The van der Waals surface area contributed by atoms with Crippen molar-refractivity contribution in [2.45, 2.75) is 13.8 Å². The molecule has 0 radical (unpaired) electrons. The Morgan fingerprint density at radius 1 is 1.19 bits per heavy atom. The number of hydrogen-bond donors (Lipinski definition) is 1. The molecule has 0 atom stereocenters. The van der Waals surface area contributed by atoms with Crippen molar-refractivity contribution in [2.24, 2.45) is 0 Å². The molecule has 0 bridgehead atoms. The number of anilines is 1. The minimum Gasteiger partial charge on any atom is -0.462 e. The Bertz CT molecular complexity index is 935. The Morgan fingerprint density at radius 3 is 2.77 bits per heavy atom. The summed E-state index contributed by atoms with van der Waals surface area (Å²) in [7, 11) is 0. The van der Waals surface area contributed by atoms with E-state index in [0.717, 1.165) is 0 Å². The molecule has 7 heteroatoms. The molecule has 1 amide bonds. The van der Waals surface area contributed by atoms with Gasteiger partial charge in [-0.05, 0) is 44.2 Å². The number of esters is 1. The molecule has 26 heavy (non-hydrogen) atoms. The number of carbonyl (C=O) groups is 2. The molecule has 0 fully saturated rings. The van der Waals surface area contributed by atoms with Crippen LogP contribution >= 0.6 is 0 Å². The van der Waals surface area contributed by atoms with Gasteiger partial charge in [-0.1, -0.05) is 12.1 Å². The number of nitrogens with one attached hydrogen (secondary N) is 1. The molecule has 1 aromatic carbocycles. The van der Waals surface area contributed by atoms with Crippen LogP contribution in [0.25, 0.3) is 5.82 Å². The number of benzene rings is 1. The van der Waals surface area contributed by atoms with E-state index in [2.05, 4.69) is 15.4 Å². The minimum absolute atomic E-state index is 0.293. The average molecular weight is 350 g/mol. The Balaban J connectivity index is 1.80. The second-order valence-corrected chi connectivity index (χ2v) is 5.50. The minimum atomic E-state index is -0.428. The molecule has 0 unspecified atom stereocenters. The Kier molecular flexibility index (Phi) is 5.07. The van der Waals surface area contributed by atoms with Crippen LogP contribution in [0.4, 0.5) is 5.69 Å². The third-order valence-corrected chi connectivity index (χ3v) is 3.75.